The number of aromatic nitrogens is 2. The normalized spacial score (nSPS) is 11.1. The molecule has 1 N–H and O–H groups in total. The standard InChI is InChI=1S/C7H7BrFNO.C7H5BrFNO.CH2Cl2.CH5P/c2*1-4(11)6-2-5(8)3-10-7(6)9;2-1-3;1-2/h2-4,11H,1H3;2-3H,1H3;1H2;2H2,1H3/i;;;2D. The molecule has 2 unspecified atom stereocenters. The number of halogens is 6. The van der Waals surface area contributed by atoms with Crippen molar-refractivity contribution in [2.75, 3.05) is 12.0 Å². The Kier molecular flexibility index (Phi) is 16.5. The van der Waals surface area contributed by atoms with E-state index in [4.69, 9.17) is 29.6 Å². The maximum absolute atomic E-state index is 12.7. The Morgan fingerprint density at radius 2 is 1.67 bits per heavy atom. The van der Waals surface area contributed by atoms with Gasteiger partial charge in [-0.2, -0.15) is 8.78 Å². The maximum atomic E-state index is 12.7. The van der Waals surface area contributed by atoms with Crippen LogP contribution in [0.4, 0.5) is 8.78 Å². The lowest BCUT2D eigenvalue weighted by molar-refractivity contribution is 0.101. The van der Waals surface area contributed by atoms with Crippen molar-refractivity contribution >= 4 is 70.0 Å². The predicted octanol–water partition coefficient (Wildman–Crippen LogP) is 6.14. The van der Waals surface area contributed by atoms with Gasteiger partial charge in [-0.25, -0.2) is 9.97 Å². The van der Waals surface area contributed by atoms with Gasteiger partial charge < -0.3 is 5.11 Å². The summed E-state index contributed by atoms with van der Waals surface area (Å²) in [6.07, 6.45) is 1.84. The minimum absolute atomic E-state index is 0.0133. The molecule has 4 nitrogen and oxygen atoms in total. The van der Waals surface area contributed by atoms with Crippen molar-refractivity contribution in [3.63, 3.8) is 0 Å². The topological polar surface area (TPSA) is 63.1 Å². The van der Waals surface area contributed by atoms with Gasteiger partial charge in [-0.15, -0.1) is 32.4 Å². The number of alkyl halides is 2. The molecule has 0 aromatic carbocycles. The van der Waals surface area contributed by atoms with E-state index in [0.717, 1.165) is 0 Å². The largest absolute Gasteiger partial charge is 0.389 e. The monoisotopic (exact) mass is 569 g/mol. The molecule has 0 aliphatic rings. The Balaban J connectivity index is 0. The molecule has 0 fully saturated rings. The number of carbonyl (C=O) groups excluding carboxylic acids is 1. The number of ketones is 1. The van der Waals surface area contributed by atoms with E-state index in [1.54, 1.807) is 0 Å². The summed E-state index contributed by atoms with van der Waals surface area (Å²) < 4.78 is 32.9. The first kappa shape index (κ1) is 26.8. The molecule has 0 saturated carbocycles. The van der Waals surface area contributed by atoms with Gasteiger partial charge in [0.25, 0.3) is 0 Å². The van der Waals surface area contributed by atoms with Crippen molar-refractivity contribution in [2.24, 2.45) is 0 Å². The van der Waals surface area contributed by atoms with Gasteiger partial charge in [0.05, 0.1) is 18.3 Å². The molecule has 2 atom stereocenters. The summed E-state index contributed by atoms with van der Waals surface area (Å²) in [4.78, 5) is 17.5. The zero-order valence-electron chi connectivity index (χ0n) is 15.6. The van der Waals surface area contributed by atoms with Crippen LogP contribution in [0.3, 0.4) is 0 Å². The summed E-state index contributed by atoms with van der Waals surface area (Å²) in [5.74, 6) is -1.67. The zero-order chi connectivity index (χ0) is 22.3. The fourth-order valence-electron chi connectivity index (χ4n) is 1.40. The van der Waals surface area contributed by atoms with Crippen molar-refractivity contribution in [1.82, 2.24) is 9.97 Å². The van der Waals surface area contributed by atoms with Crippen LogP contribution in [0.2, 0.25) is 0 Å². The van der Waals surface area contributed by atoms with Crippen LogP contribution in [0.5, 0.6) is 0 Å². The Morgan fingerprint density at radius 3 is 2.00 bits per heavy atom. The van der Waals surface area contributed by atoms with Crippen LogP contribution in [0.1, 0.15) is 35.9 Å². The Hall–Kier alpha value is -0.240. The molecular formula is C16H19Br2Cl2F2N2O2P. The lowest BCUT2D eigenvalue weighted by atomic mass is 10.2. The molecule has 2 rings (SSSR count). The Morgan fingerprint density at radius 1 is 1.26 bits per heavy atom. The Labute approximate surface area is 187 Å². The van der Waals surface area contributed by atoms with Crippen molar-refractivity contribution in [3.05, 3.63) is 56.5 Å². The second-order valence-electron chi connectivity index (χ2n) is 4.36. The van der Waals surface area contributed by atoms with Gasteiger partial charge in [0, 0.05) is 26.9 Å². The first-order valence-electron chi connectivity index (χ1n) is 7.56. The fourth-order valence-corrected chi connectivity index (χ4v) is 2.08. The first-order valence-corrected chi connectivity index (χ1v) is 10.7. The highest BCUT2D eigenvalue weighted by atomic mass is 79.9. The number of Topliss-reactive ketones (excluding diaryl/α,β-unsaturated/α-hetero) is 1. The van der Waals surface area contributed by atoms with E-state index in [2.05, 4.69) is 41.8 Å². The molecule has 0 amide bonds. The van der Waals surface area contributed by atoms with Crippen molar-refractivity contribution in [1.29, 1.82) is 1.28 Å². The summed E-state index contributed by atoms with van der Waals surface area (Å²) >= 11 is 15.7. The van der Waals surface area contributed by atoms with Crippen LogP contribution < -0.4 is 0 Å². The van der Waals surface area contributed by atoms with E-state index in [1.807, 2.05) is 6.66 Å². The van der Waals surface area contributed by atoms with Crippen molar-refractivity contribution in [2.45, 2.75) is 20.0 Å². The molecule has 0 aliphatic carbocycles. The Bertz CT molecular complexity index is 733. The van der Waals surface area contributed by atoms with Crippen LogP contribution in [-0.2, 0) is 0 Å². The molecular weight excluding hydrogens is 552 g/mol. The second-order valence-corrected chi connectivity index (χ2v) is 7.00. The highest BCUT2D eigenvalue weighted by Gasteiger charge is 2.09. The number of carbonyl (C=O) groups is 1. The van der Waals surface area contributed by atoms with Gasteiger partial charge in [-0.1, -0.05) is 6.66 Å². The molecule has 11 heteroatoms. The SMILES string of the molecule is CC(=O)c1cc(Br)cnc1F.CC(O)c1cc(Br)cnc1F.ClCCl.[2H]PC. The highest BCUT2D eigenvalue weighted by molar-refractivity contribution is 9.10. The van der Waals surface area contributed by atoms with E-state index >= 15 is 0 Å². The molecule has 0 radical (unpaired) electrons. The van der Waals surface area contributed by atoms with Gasteiger partial charge in [-0.3, -0.25) is 4.79 Å². The lowest BCUT2D eigenvalue weighted by Crippen LogP contribution is -1.98. The van der Waals surface area contributed by atoms with Crippen LogP contribution in [0.25, 0.3) is 0 Å². The summed E-state index contributed by atoms with van der Waals surface area (Å²) in [7, 11) is 0.333. The molecule has 2 aromatic rings. The van der Waals surface area contributed by atoms with E-state index < -0.39 is 18.0 Å². The van der Waals surface area contributed by atoms with Crippen molar-refractivity contribution in [3.8, 4) is 0 Å². The average Bonchev–Trinajstić information content (AvgIpc) is 2.61. The zero-order valence-corrected chi connectivity index (χ0v) is 20.3. The molecule has 0 spiro atoms. The smallest absolute Gasteiger partial charge is 0.223 e. The van der Waals surface area contributed by atoms with Crippen LogP contribution in [-0.4, -0.2) is 34.1 Å². The molecule has 2 heterocycles. The van der Waals surface area contributed by atoms with Gasteiger partial charge in [0.15, 0.2) is 5.78 Å². The third-order valence-electron chi connectivity index (χ3n) is 2.47. The van der Waals surface area contributed by atoms with Crippen LogP contribution in [0.15, 0.2) is 33.5 Å². The summed E-state index contributed by atoms with van der Waals surface area (Å²) in [6, 6.07) is 2.91. The van der Waals surface area contributed by atoms with Crippen LogP contribution in [0, 0.1) is 11.9 Å². The number of aliphatic hydroxyl groups is 1. The lowest BCUT2D eigenvalue weighted by Gasteiger charge is -2.04. The number of rotatable bonds is 2. The number of aliphatic hydroxyl groups excluding tert-OH is 1. The van der Waals surface area contributed by atoms with Crippen LogP contribution >= 0.6 is 64.2 Å². The third-order valence-corrected chi connectivity index (χ3v) is 3.34. The highest BCUT2D eigenvalue weighted by Crippen LogP contribution is 2.18. The van der Waals surface area contributed by atoms with Gasteiger partial charge in [0.1, 0.15) is 0 Å². The predicted molar refractivity (Wildman–Crippen MR) is 117 cm³/mol. The summed E-state index contributed by atoms with van der Waals surface area (Å²) in [6.45, 7) is 4.61. The number of hydrogen-bond acceptors (Lipinski definition) is 4. The van der Waals surface area contributed by atoms with E-state index in [9.17, 15) is 13.6 Å². The van der Waals surface area contributed by atoms with E-state index in [1.165, 1.54) is 38.4 Å². The quantitative estimate of drug-likeness (QED) is 0.204. The van der Waals surface area contributed by atoms with Gasteiger partial charge >= 0.3 is 0 Å². The molecule has 0 bridgehead atoms. The molecule has 2 aromatic heterocycles. The van der Waals surface area contributed by atoms with Gasteiger partial charge in [0.2, 0.25) is 11.9 Å². The molecule has 27 heavy (non-hydrogen) atoms. The molecule has 0 saturated heterocycles. The second kappa shape index (κ2) is 16.7. The number of nitrogens with zero attached hydrogens (tertiary/aromatic N) is 2. The van der Waals surface area contributed by atoms with E-state index in [0.29, 0.717) is 18.1 Å². The summed E-state index contributed by atoms with van der Waals surface area (Å²) in [5, 5.41) is 9.22. The van der Waals surface area contributed by atoms with E-state index in [-0.39, 0.29) is 22.2 Å². The first-order chi connectivity index (χ1) is 13.0. The number of pyridine rings is 2. The molecule has 0 aliphatic heterocycles. The minimum Gasteiger partial charge on any atom is -0.389 e. The minimum atomic E-state index is -0.819. The number of hydrogen-bond donors (Lipinski definition) is 1. The fraction of sp³-hybridized carbons (Fsp3) is 0.312. The maximum Gasteiger partial charge on any atom is 0.223 e. The van der Waals surface area contributed by atoms with Gasteiger partial charge in [-0.05, 0) is 57.8 Å². The van der Waals surface area contributed by atoms with Crippen molar-refractivity contribution < 1.29 is 18.7 Å². The third kappa shape index (κ3) is 12.8. The molecule has 152 valence electrons. The summed E-state index contributed by atoms with van der Waals surface area (Å²) in [5.41, 5.74) is 0.221. The average molecular weight is 572 g/mol.